The van der Waals surface area contributed by atoms with Crippen LogP contribution in [0.25, 0.3) is 11.5 Å². The van der Waals surface area contributed by atoms with E-state index in [1.807, 2.05) is 24.3 Å². The number of aromatic nitrogens is 2. The summed E-state index contributed by atoms with van der Waals surface area (Å²) in [6.45, 7) is 0. The summed E-state index contributed by atoms with van der Waals surface area (Å²) in [6, 6.07) is 14.0. The van der Waals surface area contributed by atoms with E-state index in [2.05, 4.69) is 42.1 Å². The zero-order chi connectivity index (χ0) is 17.2. The van der Waals surface area contributed by atoms with Crippen molar-refractivity contribution in [3.63, 3.8) is 0 Å². The normalized spacial score (nSPS) is 11.6. The molecule has 5 nitrogen and oxygen atoms in total. The maximum Gasteiger partial charge on any atom is 0.247 e. The van der Waals surface area contributed by atoms with E-state index in [9.17, 15) is 8.42 Å². The van der Waals surface area contributed by atoms with Crippen LogP contribution in [0, 0.1) is 0 Å². The van der Waals surface area contributed by atoms with E-state index in [-0.39, 0.29) is 17.1 Å². The summed E-state index contributed by atoms with van der Waals surface area (Å²) in [6.07, 6.45) is 0.169. The van der Waals surface area contributed by atoms with Gasteiger partial charge in [0.1, 0.15) is 0 Å². The Morgan fingerprint density at radius 2 is 1.46 bits per heavy atom. The maximum atomic E-state index is 12.3. The number of hydrogen-bond acceptors (Lipinski definition) is 5. The molecule has 2 aromatic carbocycles. The van der Waals surface area contributed by atoms with Crippen molar-refractivity contribution in [3.05, 3.63) is 63.4 Å². The lowest BCUT2D eigenvalue weighted by molar-refractivity contribution is 0.510. The van der Waals surface area contributed by atoms with E-state index in [1.165, 1.54) is 0 Å². The predicted molar refractivity (Wildman–Crippen MR) is 97.3 cm³/mol. The van der Waals surface area contributed by atoms with Crippen LogP contribution in [0.3, 0.4) is 0 Å². The van der Waals surface area contributed by atoms with E-state index in [1.54, 1.807) is 24.3 Å². The standard InChI is InChI=1S/C16H12Br2N2O3S/c17-12-3-1-11(2-4-12)16-20-19-15(23-16)9-10-24(21,22)14-7-5-13(18)6-8-14/h1-8H,9-10H2. The second kappa shape index (κ2) is 7.16. The average molecular weight is 472 g/mol. The van der Waals surface area contributed by atoms with Crippen molar-refractivity contribution in [2.45, 2.75) is 11.3 Å². The molecule has 8 heteroatoms. The fraction of sp³-hybridized carbons (Fsp3) is 0.125. The van der Waals surface area contributed by atoms with Crippen LogP contribution < -0.4 is 0 Å². The Hall–Kier alpha value is -1.51. The molecule has 0 atom stereocenters. The van der Waals surface area contributed by atoms with Gasteiger partial charge in [-0.25, -0.2) is 8.42 Å². The highest BCUT2D eigenvalue weighted by Gasteiger charge is 2.17. The number of aryl methyl sites for hydroxylation is 1. The van der Waals surface area contributed by atoms with E-state index in [0.717, 1.165) is 14.5 Å². The van der Waals surface area contributed by atoms with Crippen LogP contribution in [-0.4, -0.2) is 24.4 Å². The van der Waals surface area contributed by atoms with Gasteiger partial charge in [0.25, 0.3) is 0 Å². The van der Waals surface area contributed by atoms with Gasteiger partial charge >= 0.3 is 0 Å². The Balaban J connectivity index is 1.71. The number of halogens is 2. The molecular weight excluding hydrogens is 460 g/mol. The number of nitrogens with zero attached hydrogens (tertiary/aromatic N) is 2. The largest absolute Gasteiger partial charge is 0.421 e. The molecule has 124 valence electrons. The highest BCUT2D eigenvalue weighted by Crippen LogP contribution is 2.21. The van der Waals surface area contributed by atoms with Crippen molar-refractivity contribution in [2.75, 3.05) is 5.75 Å². The summed E-state index contributed by atoms with van der Waals surface area (Å²) in [4.78, 5) is 0.276. The Morgan fingerprint density at radius 3 is 2.08 bits per heavy atom. The molecule has 24 heavy (non-hydrogen) atoms. The van der Waals surface area contributed by atoms with Crippen molar-refractivity contribution in [1.82, 2.24) is 10.2 Å². The lowest BCUT2D eigenvalue weighted by Gasteiger charge is -2.02. The molecule has 0 saturated carbocycles. The fourth-order valence-electron chi connectivity index (χ4n) is 2.05. The molecule has 0 aliphatic heterocycles. The topological polar surface area (TPSA) is 73.1 Å². The minimum absolute atomic E-state index is 0.0867. The molecule has 1 heterocycles. The summed E-state index contributed by atoms with van der Waals surface area (Å²) in [5, 5.41) is 7.89. The van der Waals surface area contributed by atoms with E-state index < -0.39 is 9.84 Å². The molecule has 3 aromatic rings. The van der Waals surface area contributed by atoms with Crippen LogP contribution in [-0.2, 0) is 16.3 Å². The van der Waals surface area contributed by atoms with E-state index in [0.29, 0.717) is 11.8 Å². The van der Waals surface area contributed by atoms with Gasteiger partial charge in [-0.05, 0) is 48.5 Å². The molecule has 0 N–H and O–H groups in total. The third kappa shape index (κ3) is 4.12. The summed E-state index contributed by atoms with van der Waals surface area (Å²) >= 11 is 6.65. The summed E-state index contributed by atoms with van der Waals surface area (Å²) in [5.41, 5.74) is 0.785. The van der Waals surface area contributed by atoms with Gasteiger partial charge in [0, 0.05) is 20.9 Å². The lowest BCUT2D eigenvalue weighted by atomic mass is 10.2. The minimum atomic E-state index is -3.39. The monoisotopic (exact) mass is 470 g/mol. The molecule has 0 bridgehead atoms. The van der Waals surface area contributed by atoms with Gasteiger partial charge < -0.3 is 4.42 Å². The van der Waals surface area contributed by atoms with Crippen molar-refractivity contribution < 1.29 is 12.8 Å². The van der Waals surface area contributed by atoms with Crippen LogP contribution in [0.1, 0.15) is 5.89 Å². The number of rotatable bonds is 5. The van der Waals surface area contributed by atoms with Gasteiger partial charge in [-0.2, -0.15) is 0 Å². The Labute approximate surface area is 156 Å². The second-order valence-corrected chi connectivity index (χ2v) is 8.97. The maximum absolute atomic E-state index is 12.3. The van der Waals surface area contributed by atoms with Gasteiger partial charge in [-0.1, -0.05) is 31.9 Å². The molecule has 3 rings (SSSR count). The van der Waals surface area contributed by atoms with Crippen LogP contribution in [0.5, 0.6) is 0 Å². The van der Waals surface area contributed by atoms with Gasteiger partial charge in [0.05, 0.1) is 10.6 Å². The van der Waals surface area contributed by atoms with Crippen LogP contribution >= 0.6 is 31.9 Å². The molecule has 0 aliphatic carbocycles. The van der Waals surface area contributed by atoms with Crippen LogP contribution in [0.4, 0.5) is 0 Å². The fourth-order valence-corrected chi connectivity index (χ4v) is 3.80. The Morgan fingerprint density at radius 1 is 0.875 bits per heavy atom. The van der Waals surface area contributed by atoms with Crippen molar-refractivity contribution in [3.8, 4) is 11.5 Å². The third-order valence-corrected chi connectivity index (χ3v) is 6.10. The molecule has 0 saturated heterocycles. The minimum Gasteiger partial charge on any atom is -0.421 e. The second-order valence-electron chi connectivity index (χ2n) is 5.03. The molecule has 0 unspecified atom stereocenters. The average Bonchev–Trinajstić information content (AvgIpc) is 3.03. The van der Waals surface area contributed by atoms with Crippen molar-refractivity contribution in [1.29, 1.82) is 0 Å². The first-order chi connectivity index (χ1) is 11.4. The lowest BCUT2D eigenvalue weighted by Crippen LogP contribution is -2.09. The molecule has 1 aromatic heterocycles. The van der Waals surface area contributed by atoms with E-state index in [4.69, 9.17) is 4.42 Å². The number of benzene rings is 2. The number of hydrogen-bond donors (Lipinski definition) is 0. The smallest absolute Gasteiger partial charge is 0.247 e. The quantitative estimate of drug-likeness (QED) is 0.555. The zero-order valence-electron chi connectivity index (χ0n) is 12.3. The Bertz CT molecular complexity index is 936. The van der Waals surface area contributed by atoms with Crippen LogP contribution in [0.15, 0.2) is 66.8 Å². The van der Waals surface area contributed by atoms with Gasteiger partial charge in [-0.15, -0.1) is 10.2 Å². The summed E-state index contributed by atoms with van der Waals surface area (Å²) in [5.74, 6) is 0.587. The van der Waals surface area contributed by atoms with Crippen molar-refractivity contribution >= 4 is 41.7 Å². The number of sulfone groups is 1. The SMILES string of the molecule is O=S(=O)(CCc1nnc(-c2ccc(Br)cc2)o1)c1ccc(Br)cc1. The van der Waals surface area contributed by atoms with Gasteiger partial charge in [0.2, 0.25) is 11.8 Å². The van der Waals surface area contributed by atoms with Crippen molar-refractivity contribution in [2.24, 2.45) is 0 Å². The first-order valence-electron chi connectivity index (χ1n) is 7.01. The zero-order valence-corrected chi connectivity index (χ0v) is 16.3. The first-order valence-corrected chi connectivity index (χ1v) is 10.2. The van der Waals surface area contributed by atoms with Gasteiger partial charge in [-0.3, -0.25) is 0 Å². The molecular formula is C16H12Br2N2O3S. The molecule has 0 amide bonds. The highest BCUT2D eigenvalue weighted by atomic mass is 79.9. The molecule has 0 radical (unpaired) electrons. The highest BCUT2D eigenvalue weighted by molar-refractivity contribution is 9.10. The first kappa shape index (κ1) is 17.3. The molecule has 0 aliphatic rings. The van der Waals surface area contributed by atoms with E-state index >= 15 is 0 Å². The molecule has 0 fully saturated rings. The van der Waals surface area contributed by atoms with Crippen LogP contribution in [0.2, 0.25) is 0 Å². The Kier molecular flexibility index (Phi) is 5.17. The summed E-state index contributed by atoms with van der Waals surface area (Å²) in [7, 11) is -3.39. The van der Waals surface area contributed by atoms with Gasteiger partial charge in [0.15, 0.2) is 9.84 Å². The third-order valence-electron chi connectivity index (χ3n) is 3.32. The molecule has 0 spiro atoms. The summed E-state index contributed by atoms with van der Waals surface area (Å²) < 4.78 is 32.0. The predicted octanol–water partition coefficient (Wildman–Crippen LogP) is 4.28.